The van der Waals surface area contributed by atoms with Gasteiger partial charge in [0.15, 0.2) is 0 Å². The van der Waals surface area contributed by atoms with Crippen molar-refractivity contribution in [2.45, 2.75) is 77.8 Å². The molecule has 1 aliphatic carbocycles. The van der Waals surface area contributed by atoms with E-state index in [0.29, 0.717) is 0 Å². The molecule has 50 heavy (non-hydrogen) atoms. The van der Waals surface area contributed by atoms with Crippen molar-refractivity contribution in [3.8, 4) is 44.5 Å². The molecule has 0 unspecified atom stereocenters. The lowest BCUT2D eigenvalue weighted by Gasteiger charge is -2.32. The third-order valence-corrected chi connectivity index (χ3v) is 12.1. The van der Waals surface area contributed by atoms with Crippen LogP contribution in [-0.4, -0.2) is 36.6 Å². The maximum Gasteiger partial charge on any atom is 0.495 e. The Bertz CT molecular complexity index is 2310. The maximum atomic E-state index is 6.63. The molecule has 248 valence electrons. The van der Waals surface area contributed by atoms with Crippen molar-refractivity contribution < 1.29 is 18.6 Å². The summed E-state index contributed by atoms with van der Waals surface area (Å²) in [4.78, 5) is 0. The van der Waals surface area contributed by atoms with Gasteiger partial charge in [0.05, 0.1) is 22.4 Å². The maximum absolute atomic E-state index is 6.63. The van der Waals surface area contributed by atoms with Gasteiger partial charge in [-0.2, -0.15) is 0 Å². The average Bonchev–Trinajstić information content (AvgIpc) is 3.62. The highest BCUT2D eigenvalue weighted by atomic mass is 16.7. The zero-order valence-corrected chi connectivity index (χ0v) is 30.2. The quantitative estimate of drug-likeness (QED) is 0.177. The van der Waals surface area contributed by atoms with Crippen molar-refractivity contribution in [1.82, 2.24) is 0 Å². The Morgan fingerprint density at radius 3 is 1.46 bits per heavy atom. The minimum absolute atomic E-state index is 0.434. The van der Waals surface area contributed by atoms with Crippen LogP contribution >= 0.6 is 0 Å². The molecule has 2 heterocycles. The molecule has 0 saturated carbocycles. The van der Waals surface area contributed by atoms with E-state index in [9.17, 15) is 0 Å². The third kappa shape index (κ3) is 4.48. The standard InChI is InChI=1S/C44H42B2O4/c1-41(2)42(3,4)48-45(47-41)29-22-23-30-34(26-29)37(28-18-13-10-14-19-28)39-32-21-15-20-31-35(46-49-43(5,6)44(7,8)50-46)25-24-33(38(31)32)40(39)36(30)27-16-11-9-12-17-27/h9-26H,1-8H3. The van der Waals surface area contributed by atoms with Crippen molar-refractivity contribution in [3.05, 3.63) is 109 Å². The average molecular weight is 656 g/mol. The Morgan fingerprint density at radius 2 is 0.900 bits per heavy atom. The van der Waals surface area contributed by atoms with Crippen LogP contribution < -0.4 is 10.9 Å². The van der Waals surface area contributed by atoms with Crippen molar-refractivity contribution >= 4 is 46.7 Å². The fourth-order valence-corrected chi connectivity index (χ4v) is 8.00. The summed E-state index contributed by atoms with van der Waals surface area (Å²) in [5, 5.41) is 4.78. The molecule has 2 aliphatic heterocycles. The van der Waals surface area contributed by atoms with E-state index in [0.717, 1.165) is 16.3 Å². The van der Waals surface area contributed by atoms with Gasteiger partial charge in [-0.15, -0.1) is 0 Å². The van der Waals surface area contributed by atoms with Crippen LogP contribution in [0.3, 0.4) is 0 Å². The zero-order valence-electron chi connectivity index (χ0n) is 30.2. The van der Waals surface area contributed by atoms with Crippen molar-refractivity contribution in [3.63, 3.8) is 0 Å². The third-order valence-electron chi connectivity index (χ3n) is 12.1. The Labute approximate surface area is 296 Å². The number of rotatable bonds is 4. The topological polar surface area (TPSA) is 36.9 Å². The molecule has 0 N–H and O–H groups in total. The summed E-state index contributed by atoms with van der Waals surface area (Å²) in [6, 6.07) is 39.7. The van der Waals surface area contributed by atoms with Gasteiger partial charge in [0.1, 0.15) is 0 Å². The molecule has 4 nitrogen and oxygen atoms in total. The Morgan fingerprint density at radius 1 is 0.400 bits per heavy atom. The summed E-state index contributed by atoms with van der Waals surface area (Å²) in [5.41, 5.74) is 10.1. The smallest absolute Gasteiger partial charge is 0.399 e. The van der Waals surface area contributed by atoms with Gasteiger partial charge >= 0.3 is 14.2 Å². The first-order valence-corrected chi connectivity index (χ1v) is 17.8. The second kappa shape index (κ2) is 10.7. The molecule has 0 amide bonds. The van der Waals surface area contributed by atoms with Crippen molar-refractivity contribution in [1.29, 1.82) is 0 Å². The second-order valence-corrected chi connectivity index (χ2v) is 16.1. The van der Waals surface area contributed by atoms with Crippen LogP contribution in [0.4, 0.5) is 0 Å². The minimum Gasteiger partial charge on any atom is -0.399 e. The summed E-state index contributed by atoms with van der Waals surface area (Å²) in [6.07, 6.45) is 0. The van der Waals surface area contributed by atoms with Crippen LogP contribution in [0.25, 0.3) is 66.1 Å². The van der Waals surface area contributed by atoms with Crippen molar-refractivity contribution in [2.24, 2.45) is 0 Å². The van der Waals surface area contributed by atoms with E-state index in [1.54, 1.807) is 0 Å². The van der Waals surface area contributed by atoms with Crippen LogP contribution in [0.1, 0.15) is 55.4 Å². The van der Waals surface area contributed by atoms with Gasteiger partial charge in [-0.25, -0.2) is 0 Å². The minimum atomic E-state index is -0.468. The monoisotopic (exact) mass is 656 g/mol. The summed E-state index contributed by atoms with van der Waals surface area (Å²) < 4.78 is 26.4. The largest absolute Gasteiger partial charge is 0.495 e. The van der Waals surface area contributed by atoms with Gasteiger partial charge in [-0.05, 0) is 132 Å². The molecule has 2 fully saturated rings. The molecule has 0 radical (unpaired) electrons. The molecule has 0 aromatic heterocycles. The van der Waals surface area contributed by atoms with Crippen LogP contribution in [-0.2, 0) is 18.6 Å². The van der Waals surface area contributed by atoms with Crippen LogP contribution in [0.5, 0.6) is 0 Å². The van der Waals surface area contributed by atoms with Crippen molar-refractivity contribution in [2.75, 3.05) is 0 Å². The Balaban J connectivity index is 1.37. The first kappa shape index (κ1) is 31.8. The van der Waals surface area contributed by atoms with Gasteiger partial charge in [0.2, 0.25) is 0 Å². The first-order valence-electron chi connectivity index (χ1n) is 17.8. The van der Waals surface area contributed by atoms with Crippen LogP contribution in [0.15, 0.2) is 109 Å². The molecule has 6 heteroatoms. The highest BCUT2D eigenvalue weighted by Gasteiger charge is 2.53. The summed E-state index contributed by atoms with van der Waals surface area (Å²) in [7, 11) is -0.929. The Kier molecular flexibility index (Phi) is 6.77. The molecule has 0 spiro atoms. The molecule has 6 aromatic carbocycles. The zero-order chi connectivity index (χ0) is 34.8. The van der Waals surface area contributed by atoms with Crippen LogP contribution in [0.2, 0.25) is 0 Å². The van der Waals surface area contributed by atoms with E-state index < -0.39 is 36.6 Å². The highest BCUT2D eigenvalue weighted by Crippen LogP contribution is 2.57. The van der Waals surface area contributed by atoms with Gasteiger partial charge < -0.3 is 18.6 Å². The highest BCUT2D eigenvalue weighted by molar-refractivity contribution is 6.65. The number of hydrogen-bond donors (Lipinski definition) is 0. The molecule has 0 bridgehead atoms. The van der Waals surface area contributed by atoms with E-state index in [2.05, 4.69) is 165 Å². The molecule has 9 rings (SSSR count). The number of hydrogen-bond acceptors (Lipinski definition) is 4. The van der Waals surface area contributed by atoms with E-state index >= 15 is 0 Å². The van der Waals surface area contributed by atoms with Gasteiger partial charge in [0.25, 0.3) is 0 Å². The van der Waals surface area contributed by atoms with Gasteiger partial charge in [-0.3, -0.25) is 0 Å². The Hall–Kier alpha value is -4.19. The lowest BCUT2D eigenvalue weighted by Crippen LogP contribution is -2.41. The number of benzene rings is 6. The summed E-state index contributed by atoms with van der Waals surface area (Å²) in [5.74, 6) is 0. The molecular formula is C44H42B2O4. The molecule has 2 saturated heterocycles. The fourth-order valence-electron chi connectivity index (χ4n) is 8.00. The normalized spacial score (nSPS) is 19.4. The van der Waals surface area contributed by atoms with E-state index in [-0.39, 0.29) is 0 Å². The van der Waals surface area contributed by atoms with E-state index in [4.69, 9.17) is 18.6 Å². The van der Waals surface area contributed by atoms with Gasteiger partial charge in [-0.1, -0.05) is 109 Å². The predicted octanol–water partition coefficient (Wildman–Crippen LogP) is 9.57. The second-order valence-electron chi connectivity index (χ2n) is 16.1. The van der Waals surface area contributed by atoms with Gasteiger partial charge in [0, 0.05) is 0 Å². The van der Waals surface area contributed by atoms with E-state index in [1.165, 1.54) is 60.7 Å². The molecule has 3 aliphatic rings. The fraction of sp³-hybridized carbons (Fsp3) is 0.273. The lowest BCUT2D eigenvalue weighted by atomic mass is 9.75. The molecule has 0 atom stereocenters. The SMILES string of the molecule is CC1(C)OB(c2ccc3c(-c4ccccc4)c4c(c(-c5ccccc5)c3c2)-c2cccc3c(B5OC(C)(C)C(C)(C)O5)ccc-4c23)OC1(C)C. The number of fused-ring (bicyclic) bond motifs is 4. The summed E-state index contributed by atoms with van der Waals surface area (Å²) in [6.45, 7) is 16.9. The van der Waals surface area contributed by atoms with E-state index in [1.807, 2.05) is 0 Å². The summed E-state index contributed by atoms with van der Waals surface area (Å²) >= 11 is 0. The molecular weight excluding hydrogens is 614 g/mol. The predicted molar refractivity (Wildman–Crippen MR) is 208 cm³/mol. The first-order chi connectivity index (χ1) is 23.8. The van der Waals surface area contributed by atoms with Crippen LogP contribution in [0, 0.1) is 0 Å². The lowest BCUT2D eigenvalue weighted by molar-refractivity contribution is 0.00578. The molecule has 6 aromatic rings.